The molecule has 1 aromatic heterocycles. The van der Waals surface area contributed by atoms with Crippen molar-refractivity contribution >= 4 is 38.9 Å². The summed E-state index contributed by atoms with van der Waals surface area (Å²) in [5.41, 5.74) is 23.3. The van der Waals surface area contributed by atoms with Gasteiger partial charge < -0.3 is 9.47 Å². The molecule has 0 N–H and O–H groups in total. The Labute approximate surface area is 438 Å². The lowest BCUT2D eigenvalue weighted by Crippen LogP contribution is -2.28. The minimum Gasteiger partial charge on any atom is -0.310 e. The van der Waals surface area contributed by atoms with Crippen LogP contribution in [0.4, 0.5) is 17.1 Å². The number of anilines is 3. The standard InChI is InChI=1S/C73H50N2/c1-5-19-51(20-6-1)54-21-17-22-55(47-54)52-35-40-62(41-36-52)74(64-44-46-66-65-31-13-15-33-69(65)73(70(66)50-64,59-25-7-2-8-26-59)60-27-9-3-10-28-60)63-42-37-53(38-43-63)56-23-18-24-57(48-56)58-39-45-68-67-32-14-16-34-71(67)75(72(68)49-58)61-29-11-4-12-30-61/h1-50H. The topological polar surface area (TPSA) is 8.17 Å². The Bertz CT molecular complexity index is 4160. The van der Waals surface area contributed by atoms with Crippen molar-refractivity contribution in [1.29, 1.82) is 0 Å². The molecule has 0 saturated heterocycles. The van der Waals surface area contributed by atoms with Gasteiger partial charge in [0.05, 0.1) is 16.4 Å². The van der Waals surface area contributed by atoms with Gasteiger partial charge in [-0.1, -0.05) is 231 Å². The quantitative estimate of drug-likeness (QED) is 0.133. The van der Waals surface area contributed by atoms with Crippen LogP contribution in [0.5, 0.6) is 0 Å². The predicted molar refractivity (Wildman–Crippen MR) is 315 cm³/mol. The number of nitrogens with zero attached hydrogens (tertiary/aromatic N) is 2. The number of para-hydroxylation sites is 2. The largest absolute Gasteiger partial charge is 0.310 e. The lowest BCUT2D eigenvalue weighted by Gasteiger charge is -2.35. The molecule has 0 fully saturated rings. The highest BCUT2D eigenvalue weighted by Crippen LogP contribution is 2.57. The van der Waals surface area contributed by atoms with E-state index in [9.17, 15) is 0 Å². The number of hydrogen-bond acceptors (Lipinski definition) is 1. The number of fused-ring (bicyclic) bond motifs is 6. The molecule has 0 bridgehead atoms. The zero-order valence-corrected chi connectivity index (χ0v) is 41.3. The lowest BCUT2D eigenvalue weighted by atomic mass is 9.67. The van der Waals surface area contributed by atoms with E-state index in [1.54, 1.807) is 0 Å². The highest BCUT2D eigenvalue weighted by molar-refractivity contribution is 6.10. The van der Waals surface area contributed by atoms with Gasteiger partial charge in [0.1, 0.15) is 0 Å². The van der Waals surface area contributed by atoms with Crippen molar-refractivity contribution < 1.29 is 0 Å². The van der Waals surface area contributed by atoms with Crippen LogP contribution in [-0.2, 0) is 5.41 Å². The molecule has 0 spiro atoms. The van der Waals surface area contributed by atoms with Gasteiger partial charge in [0.25, 0.3) is 0 Å². The van der Waals surface area contributed by atoms with E-state index in [1.165, 1.54) is 94.1 Å². The van der Waals surface area contributed by atoms with E-state index in [2.05, 4.69) is 313 Å². The van der Waals surface area contributed by atoms with Crippen LogP contribution in [0.1, 0.15) is 22.3 Å². The summed E-state index contributed by atoms with van der Waals surface area (Å²) in [6.07, 6.45) is 0. The summed E-state index contributed by atoms with van der Waals surface area (Å²) in [5, 5.41) is 2.51. The molecule has 0 unspecified atom stereocenters. The molecule has 1 aliphatic carbocycles. The molecule has 13 aromatic rings. The second-order valence-corrected chi connectivity index (χ2v) is 19.6. The minimum atomic E-state index is -0.527. The van der Waals surface area contributed by atoms with Crippen LogP contribution in [0, 0.1) is 0 Å². The Morgan fingerprint density at radius 2 is 0.680 bits per heavy atom. The molecule has 0 radical (unpaired) electrons. The first kappa shape index (κ1) is 44.0. The van der Waals surface area contributed by atoms with Gasteiger partial charge in [0.15, 0.2) is 0 Å². The zero-order chi connectivity index (χ0) is 49.7. The Morgan fingerprint density at radius 3 is 1.29 bits per heavy atom. The van der Waals surface area contributed by atoms with Gasteiger partial charge in [0, 0.05) is 33.5 Å². The molecule has 0 aliphatic heterocycles. The smallest absolute Gasteiger partial charge is 0.0714 e. The fourth-order valence-electron chi connectivity index (χ4n) is 12.0. The van der Waals surface area contributed by atoms with Crippen molar-refractivity contribution in [2.24, 2.45) is 0 Å². The van der Waals surface area contributed by atoms with Gasteiger partial charge in [0.2, 0.25) is 0 Å². The van der Waals surface area contributed by atoms with Gasteiger partial charge in [-0.25, -0.2) is 0 Å². The number of hydrogen-bond donors (Lipinski definition) is 0. The normalized spacial score (nSPS) is 12.4. The van der Waals surface area contributed by atoms with Crippen molar-refractivity contribution in [2.75, 3.05) is 4.90 Å². The Kier molecular flexibility index (Phi) is 10.8. The number of rotatable bonds is 10. The molecule has 2 nitrogen and oxygen atoms in total. The van der Waals surface area contributed by atoms with Crippen LogP contribution >= 0.6 is 0 Å². The van der Waals surface area contributed by atoms with Crippen LogP contribution in [-0.4, -0.2) is 4.57 Å². The van der Waals surface area contributed by atoms with E-state index < -0.39 is 5.41 Å². The zero-order valence-electron chi connectivity index (χ0n) is 41.3. The van der Waals surface area contributed by atoms with Crippen molar-refractivity contribution in [1.82, 2.24) is 4.57 Å². The number of benzene rings is 12. The molecule has 352 valence electrons. The molecule has 0 atom stereocenters. The van der Waals surface area contributed by atoms with Gasteiger partial charge in [-0.15, -0.1) is 0 Å². The van der Waals surface area contributed by atoms with Crippen LogP contribution in [0.3, 0.4) is 0 Å². The minimum absolute atomic E-state index is 0.527. The summed E-state index contributed by atoms with van der Waals surface area (Å²) >= 11 is 0. The summed E-state index contributed by atoms with van der Waals surface area (Å²) in [5.74, 6) is 0. The van der Waals surface area contributed by atoms with E-state index in [4.69, 9.17) is 0 Å². The third-order valence-corrected chi connectivity index (χ3v) is 15.5. The van der Waals surface area contributed by atoms with Crippen LogP contribution < -0.4 is 4.90 Å². The van der Waals surface area contributed by atoms with E-state index in [1.807, 2.05) is 0 Å². The molecule has 0 amide bonds. The first-order chi connectivity index (χ1) is 37.2. The summed E-state index contributed by atoms with van der Waals surface area (Å²) in [6.45, 7) is 0. The molecule has 12 aromatic carbocycles. The maximum Gasteiger partial charge on any atom is 0.0714 e. The first-order valence-electron chi connectivity index (χ1n) is 25.9. The highest BCUT2D eigenvalue weighted by atomic mass is 15.1. The summed E-state index contributed by atoms with van der Waals surface area (Å²) in [7, 11) is 0. The van der Waals surface area contributed by atoms with Crippen molar-refractivity contribution in [3.63, 3.8) is 0 Å². The fourth-order valence-corrected chi connectivity index (χ4v) is 12.0. The summed E-state index contributed by atoms with van der Waals surface area (Å²) < 4.78 is 2.39. The number of aromatic nitrogens is 1. The summed E-state index contributed by atoms with van der Waals surface area (Å²) in [6, 6.07) is 111. The maximum absolute atomic E-state index is 2.46. The third kappa shape index (κ3) is 7.49. The fraction of sp³-hybridized carbons (Fsp3) is 0.0137. The Balaban J connectivity index is 0.882. The van der Waals surface area contributed by atoms with Crippen molar-refractivity contribution in [3.8, 4) is 61.3 Å². The van der Waals surface area contributed by atoms with Gasteiger partial charge in [-0.3, -0.25) is 0 Å². The van der Waals surface area contributed by atoms with Crippen LogP contribution in [0.2, 0.25) is 0 Å². The lowest BCUT2D eigenvalue weighted by molar-refractivity contribution is 0.768. The van der Waals surface area contributed by atoms with Gasteiger partial charge in [-0.05, 0) is 151 Å². The van der Waals surface area contributed by atoms with Crippen molar-refractivity contribution in [3.05, 3.63) is 326 Å². The highest BCUT2D eigenvalue weighted by Gasteiger charge is 2.46. The maximum atomic E-state index is 2.46. The van der Waals surface area contributed by atoms with Crippen LogP contribution in [0.25, 0.3) is 83.1 Å². The van der Waals surface area contributed by atoms with Crippen molar-refractivity contribution in [2.45, 2.75) is 5.41 Å². The van der Waals surface area contributed by atoms with Gasteiger partial charge in [-0.2, -0.15) is 0 Å². The molecular formula is C73H50N2. The molecule has 14 rings (SSSR count). The van der Waals surface area contributed by atoms with E-state index >= 15 is 0 Å². The third-order valence-electron chi connectivity index (χ3n) is 15.5. The summed E-state index contributed by atoms with van der Waals surface area (Å²) in [4.78, 5) is 2.43. The Morgan fingerprint density at radius 1 is 0.253 bits per heavy atom. The molecular weight excluding hydrogens is 905 g/mol. The monoisotopic (exact) mass is 954 g/mol. The molecule has 75 heavy (non-hydrogen) atoms. The van der Waals surface area contributed by atoms with E-state index in [0.717, 1.165) is 28.3 Å². The van der Waals surface area contributed by atoms with Crippen LogP contribution in [0.15, 0.2) is 303 Å². The first-order valence-corrected chi connectivity index (χ1v) is 25.9. The SMILES string of the molecule is c1ccc(-c2cccc(-c3ccc(N(c4ccc(-c5cccc(-c6ccc7c8ccccc8n(-c8ccccc8)c7c6)c5)cc4)c4ccc5c(c4)C(c4ccccc4)(c4ccccc4)c4ccccc4-5)cc3)c2)cc1. The van der Waals surface area contributed by atoms with E-state index in [0.29, 0.717) is 0 Å². The second kappa shape index (κ2) is 18.4. The molecule has 2 heteroatoms. The van der Waals surface area contributed by atoms with Gasteiger partial charge >= 0.3 is 0 Å². The average Bonchev–Trinajstić information content (AvgIpc) is 4.06. The molecule has 1 heterocycles. The Hall–Kier alpha value is -9.76. The molecule has 0 saturated carbocycles. The average molecular weight is 955 g/mol. The van der Waals surface area contributed by atoms with E-state index in [-0.39, 0.29) is 0 Å². The predicted octanol–water partition coefficient (Wildman–Crippen LogP) is 19.3. The second-order valence-electron chi connectivity index (χ2n) is 19.6. The molecule has 1 aliphatic rings.